The predicted octanol–water partition coefficient (Wildman–Crippen LogP) is 1.53. The van der Waals surface area contributed by atoms with Crippen molar-refractivity contribution in [2.24, 2.45) is 10.3 Å². The maximum Gasteiger partial charge on any atom is 0.434 e. The van der Waals surface area contributed by atoms with E-state index in [1.165, 1.54) is 17.0 Å². The largest absolute Gasteiger partial charge is 0.434 e. The Balaban J connectivity index is 2.96. The zero-order valence-corrected chi connectivity index (χ0v) is 17.0. The summed E-state index contributed by atoms with van der Waals surface area (Å²) in [6.45, 7) is 10.9. The van der Waals surface area contributed by atoms with Crippen LogP contribution in [0.2, 0.25) is 0 Å². The van der Waals surface area contributed by atoms with Gasteiger partial charge in [0.05, 0.1) is 22.5 Å². The molecule has 0 aliphatic heterocycles. The van der Waals surface area contributed by atoms with Crippen molar-refractivity contribution in [2.45, 2.75) is 65.3 Å². The lowest BCUT2D eigenvalue weighted by molar-refractivity contribution is -0.397. The molecule has 0 radical (unpaired) electrons. The summed E-state index contributed by atoms with van der Waals surface area (Å²) in [5.41, 5.74) is 2.30. The van der Waals surface area contributed by atoms with E-state index in [4.69, 9.17) is 15.3 Å². The number of oxime groups is 2. The molecule has 12 nitrogen and oxygen atoms in total. The summed E-state index contributed by atoms with van der Waals surface area (Å²) in [6, 6.07) is 0. The topological polar surface area (TPSA) is 159 Å². The molecule has 0 bridgehead atoms. The minimum absolute atomic E-state index is 0.132. The van der Waals surface area contributed by atoms with Crippen LogP contribution in [0.4, 0.5) is 5.95 Å². The van der Waals surface area contributed by atoms with Crippen LogP contribution >= 0.6 is 0 Å². The average Bonchev–Trinajstić information content (AvgIpc) is 3.10. The molecule has 0 saturated heterocycles. The Bertz CT molecular complexity index is 693. The van der Waals surface area contributed by atoms with Crippen LogP contribution in [0.25, 0.3) is 0 Å². The number of hydroxylamine groups is 1. The summed E-state index contributed by atoms with van der Waals surface area (Å²) in [4.78, 5) is 20.0. The molecule has 12 heteroatoms. The minimum Gasteiger partial charge on any atom is -0.411 e. The van der Waals surface area contributed by atoms with E-state index in [2.05, 4.69) is 26.1 Å². The molecule has 1 heterocycles. The second-order valence-corrected chi connectivity index (χ2v) is 7.48. The van der Waals surface area contributed by atoms with Crippen LogP contribution in [0.1, 0.15) is 41.5 Å². The molecule has 0 amide bonds. The van der Waals surface area contributed by atoms with Gasteiger partial charge in [0.15, 0.2) is 0 Å². The van der Waals surface area contributed by atoms with Crippen LogP contribution in [0.15, 0.2) is 22.7 Å². The number of nitro groups is 1. The van der Waals surface area contributed by atoms with Crippen molar-refractivity contribution in [3.63, 3.8) is 0 Å². The highest BCUT2D eigenvalue weighted by atomic mass is 16.7. The van der Waals surface area contributed by atoms with Crippen molar-refractivity contribution in [2.75, 3.05) is 6.54 Å². The van der Waals surface area contributed by atoms with Crippen molar-refractivity contribution in [3.8, 4) is 0 Å². The van der Waals surface area contributed by atoms with E-state index in [1.807, 2.05) is 13.8 Å². The maximum atomic E-state index is 11.1. The van der Waals surface area contributed by atoms with Gasteiger partial charge in [-0.3, -0.25) is 4.84 Å². The Labute approximate surface area is 163 Å². The fourth-order valence-corrected chi connectivity index (χ4v) is 2.03. The molecule has 0 aromatic carbocycles. The van der Waals surface area contributed by atoms with Gasteiger partial charge in [-0.05, 0) is 46.5 Å². The van der Waals surface area contributed by atoms with Gasteiger partial charge in [-0.2, -0.15) is 5.48 Å². The van der Waals surface area contributed by atoms with Gasteiger partial charge in [0.25, 0.3) is 0 Å². The summed E-state index contributed by atoms with van der Waals surface area (Å²) in [5, 5.41) is 38.7. The number of nitrogens with one attached hydrogen (secondary N) is 2. The van der Waals surface area contributed by atoms with E-state index in [0.717, 1.165) is 0 Å². The molecule has 1 aromatic rings. The van der Waals surface area contributed by atoms with Crippen LogP contribution < -0.4 is 10.8 Å². The van der Waals surface area contributed by atoms with E-state index in [9.17, 15) is 10.1 Å². The number of hydrogen-bond donors (Lipinski definition) is 4. The number of rotatable bonds is 11. The molecule has 4 N–H and O–H groups in total. The van der Waals surface area contributed by atoms with Crippen LogP contribution in [-0.4, -0.2) is 60.0 Å². The van der Waals surface area contributed by atoms with Gasteiger partial charge < -0.3 is 25.8 Å². The van der Waals surface area contributed by atoms with Gasteiger partial charge in [0.1, 0.15) is 25.0 Å². The quantitative estimate of drug-likeness (QED) is 0.189. The smallest absolute Gasteiger partial charge is 0.411 e. The first-order valence-electron chi connectivity index (χ1n) is 8.66. The number of hydrogen-bond acceptors (Lipinski definition) is 10. The van der Waals surface area contributed by atoms with E-state index in [-0.39, 0.29) is 19.0 Å². The summed E-state index contributed by atoms with van der Waals surface area (Å²) in [7, 11) is 0. The summed E-state index contributed by atoms with van der Waals surface area (Å²) < 4.78 is 1.37. The zero-order chi connectivity index (χ0) is 21.5. The molecule has 0 spiro atoms. The van der Waals surface area contributed by atoms with E-state index in [0.29, 0.717) is 11.4 Å². The normalized spacial score (nSPS) is 14.9. The molecule has 28 heavy (non-hydrogen) atoms. The fraction of sp³-hybridized carbons (Fsp3) is 0.688. The molecule has 0 saturated carbocycles. The average molecular weight is 399 g/mol. The standard InChI is InChI=1S/C16H29N7O5/c1-11(19-24)15(3,4)18-9-13(28-21-16(5,6)12(2)20-25)10-22-8-7-17-14(22)23(26)27/h7-8,13,18,21,24-25H,9-10H2,1-6H3/t13-/m1/s1. The highest BCUT2D eigenvalue weighted by Gasteiger charge is 2.28. The molecule has 0 aliphatic carbocycles. The van der Waals surface area contributed by atoms with Crippen LogP contribution in [0.3, 0.4) is 0 Å². The Morgan fingerprint density at radius 3 is 2.39 bits per heavy atom. The van der Waals surface area contributed by atoms with Crippen molar-refractivity contribution in [1.82, 2.24) is 20.3 Å². The Hall–Kier alpha value is -2.57. The lowest BCUT2D eigenvalue weighted by Crippen LogP contribution is -2.53. The summed E-state index contributed by atoms with van der Waals surface area (Å²) in [6.07, 6.45) is 2.27. The number of nitrogens with zero attached hydrogens (tertiary/aromatic N) is 5. The van der Waals surface area contributed by atoms with Crippen molar-refractivity contribution >= 4 is 17.4 Å². The minimum atomic E-state index is -0.772. The Kier molecular flexibility index (Phi) is 8.02. The molecule has 0 aliphatic rings. The lowest BCUT2D eigenvalue weighted by Gasteiger charge is -2.31. The first-order chi connectivity index (χ1) is 12.9. The molecule has 0 fully saturated rings. The monoisotopic (exact) mass is 399 g/mol. The molecule has 1 rings (SSSR count). The Morgan fingerprint density at radius 2 is 1.86 bits per heavy atom. The maximum absolute atomic E-state index is 11.1. The van der Waals surface area contributed by atoms with Gasteiger partial charge in [-0.1, -0.05) is 15.3 Å². The molecule has 0 unspecified atom stereocenters. The second-order valence-electron chi connectivity index (χ2n) is 7.48. The second kappa shape index (κ2) is 9.57. The first kappa shape index (κ1) is 23.5. The SMILES string of the molecule is CC(=NO)C(C)(C)NC[C@H](Cn1ccnc1[N+](=O)[O-])ONC(C)(C)C(C)=NO. The molecular weight excluding hydrogens is 370 g/mol. The van der Waals surface area contributed by atoms with Crippen LogP contribution in [0.5, 0.6) is 0 Å². The lowest BCUT2D eigenvalue weighted by atomic mass is 9.99. The number of imidazole rings is 1. The molecule has 158 valence electrons. The van der Waals surface area contributed by atoms with Crippen molar-refractivity contribution < 1.29 is 20.2 Å². The van der Waals surface area contributed by atoms with E-state index in [1.54, 1.807) is 27.7 Å². The third-order valence-electron chi connectivity index (χ3n) is 4.62. The summed E-state index contributed by atoms with van der Waals surface area (Å²) in [5.74, 6) is -0.298. The third kappa shape index (κ3) is 6.25. The van der Waals surface area contributed by atoms with Gasteiger partial charge in [-0.15, -0.1) is 0 Å². The van der Waals surface area contributed by atoms with E-state index < -0.39 is 22.1 Å². The fourth-order valence-electron chi connectivity index (χ4n) is 2.03. The summed E-state index contributed by atoms with van der Waals surface area (Å²) >= 11 is 0. The van der Waals surface area contributed by atoms with Crippen LogP contribution in [-0.2, 0) is 11.4 Å². The number of aromatic nitrogens is 2. The first-order valence-corrected chi connectivity index (χ1v) is 8.66. The van der Waals surface area contributed by atoms with Gasteiger partial charge >= 0.3 is 5.95 Å². The van der Waals surface area contributed by atoms with E-state index >= 15 is 0 Å². The van der Waals surface area contributed by atoms with Gasteiger partial charge in [0, 0.05) is 6.54 Å². The molecule has 1 aromatic heterocycles. The van der Waals surface area contributed by atoms with Crippen molar-refractivity contribution in [3.05, 3.63) is 22.5 Å². The van der Waals surface area contributed by atoms with Gasteiger partial charge in [0.2, 0.25) is 0 Å². The zero-order valence-electron chi connectivity index (χ0n) is 17.0. The molecular formula is C16H29N7O5. The predicted molar refractivity (Wildman–Crippen MR) is 103 cm³/mol. The van der Waals surface area contributed by atoms with Crippen LogP contribution in [0, 0.1) is 10.1 Å². The molecule has 1 atom stereocenters. The van der Waals surface area contributed by atoms with Crippen molar-refractivity contribution in [1.29, 1.82) is 0 Å². The Morgan fingerprint density at radius 1 is 1.29 bits per heavy atom. The highest BCUT2D eigenvalue weighted by molar-refractivity contribution is 5.90. The highest BCUT2D eigenvalue weighted by Crippen LogP contribution is 2.13. The third-order valence-corrected chi connectivity index (χ3v) is 4.62. The van der Waals surface area contributed by atoms with Gasteiger partial charge in [-0.25, -0.2) is 4.57 Å².